The lowest BCUT2D eigenvalue weighted by Gasteiger charge is -2.62. The van der Waals surface area contributed by atoms with Gasteiger partial charge in [0.05, 0.1) is 0 Å². The molecule has 5 heteroatoms. The van der Waals surface area contributed by atoms with Gasteiger partial charge in [-0.2, -0.15) is 0 Å². The highest BCUT2D eigenvalue weighted by Gasteiger charge is 2.64. The van der Waals surface area contributed by atoms with Gasteiger partial charge in [0.2, 0.25) is 0 Å². The van der Waals surface area contributed by atoms with Crippen LogP contribution in [0.4, 0.5) is 0 Å². The summed E-state index contributed by atoms with van der Waals surface area (Å²) in [4.78, 5) is 54.3. The fourth-order valence-corrected chi connectivity index (χ4v) is 15.2. The van der Waals surface area contributed by atoms with Crippen LogP contribution in [0, 0.1) is 69.0 Å². The average Bonchev–Trinajstić information content (AvgIpc) is 3.57. The highest BCUT2D eigenvalue weighted by molar-refractivity contribution is 6.20. The molecule has 0 radical (unpaired) electrons. The molecule has 0 aromatic rings. The van der Waals surface area contributed by atoms with E-state index >= 15 is 0 Å². The van der Waals surface area contributed by atoms with Gasteiger partial charge in [0.15, 0.2) is 11.6 Å². The molecule has 0 bridgehead atoms. The summed E-state index contributed by atoms with van der Waals surface area (Å²) in [6.07, 6.45) is 15.8. The van der Waals surface area contributed by atoms with Gasteiger partial charge >= 0.3 is 5.97 Å². The van der Waals surface area contributed by atoms with Gasteiger partial charge in [-0.3, -0.25) is 14.4 Å². The number of ketones is 3. The number of hydrogen-bond acceptors (Lipinski definition) is 4. The second-order valence-electron chi connectivity index (χ2n) is 18.6. The first-order valence-corrected chi connectivity index (χ1v) is 19.0. The fraction of sp³-hybridized carbons (Fsp3) is 0.805. The summed E-state index contributed by atoms with van der Waals surface area (Å²) in [6, 6.07) is 0. The van der Waals surface area contributed by atoms with Crippen LogP contribution < -0.4 is 0 Å². The van der Waals surface area contributed by atoms with E-state index in [1.807, 2.05) is 0 Å². The van der Waals surface area contributed by atoms with Gasteiger partial charge < -0.3 is 5.11 Å². The summed E-state index contributed by atoms with van der Waals surface area (Å²) in [5, 5.41) is 10.8. The molecule has 8 rings (SSSR count). The Balaban J connectivity index is 1.27. The van der Waals surface area contributed by atoms with Gasteiger partial charge in [-0.1, -0.05) is 39.7 Å². The Morgan fingerprint density at radius 3 is 2.20 bits per heavy atom. The molecule has 6 fully saturated rings. The molecule has 1 N–H and O–H groups in total. The van der Waals surface area contributed by atoms with Gasteiger partial charge in [0.25, 0.3) is 0 Å². The molecule has 46 heavy (non-hydrogen) atoms. The first-order chi connectivity index (χ1) is 21.8. The molecular weight excluding hydrogens is 572 g/mol. The number of rotatable bonds is 3. The van der Waals surface area contributed by atoms with Gasteiger partial charge in [0, 0.05) is 29.7 Å². The minimum Gasteiger partial charge on any atom is -0.478 e. The number of carbonyl (C=O) groups is 4. The zero-order valence-electron chi connectivity index (χ0n) is 29.0. The molecule has 0 aromatic carbocycles. The second-order valence-corrected chi connectivity index (χ2v) is 18.6. The maximum Gasteiger partial charge on any atom is 0.339 e. The number of carbonyl (C=O) groups excluding carboxylic acids is 3. The van der Waals surface area contributed by atoms with Crippen LogP contribution in [0.5, 0.6) is 0 Å². The highest BCUT2D eigenvalue weighted by Crippen LogP contribution is 2.71. The quantitative estimate of drug-likeness (QED) is 0.316. The van der Waals surface area contributed by atoms with E-state index in [0.717, 1.165) is 64.2 Å². The molecule has 250 valence electrons. The van der Waals surface area contributed by atoms with Crippen LogP contribution in [0.1, 0.15) is 137 Å². The zero-order chi connectivity index (χ0) is 32.6. The highest BCUT2D eigenvalue weighted by atomic mass is 16.4. The summed E-state index contributed by atoms with van der Waals surface area (Å²) >= 11 is 0. The molecule has 0 aliphatic heterocycles. The molecule has 12 atom stereocenters. The third-order valence-electron chi connectivity index (χ3n) is 17.3. The van der Waals surface area contributed by atoms with Crippen molar-refractivity contribution in [2.45, 2.75) is 137 Å². The number of carboxylic acid groups (broad SMARTS) is 1. The smallest absolute Gasteiger partial charge is 0.339 e. The van der Waals surface area contributed by atoms with E-state index in [-0.39, 0.29) is 39.8 Å². The number of Topliss-reactive ketones (excluding diaryl/α,β-unsaturated/α-hetero) is 3. The average molecular weight is 629 g/mol. The van der Waals surface area contributed by atoms with Crippen molar-refractivity contribution < 1.29 is 24.3 Å². The Kier molecular flexibility index (Phi) is 6.95. The van der Waals surface area contributed by atoms with E-state index in [0.29, 0.717) is 70.7 Å². The first kappa shape index (κ1) is 31.2. The SMILES string of the molecule is CC(=O)[C@H]1CC[C@H]2[C@@H]3CCC4=C(C5=C(C(=O)O)C(=O)CC6CC[C@@H]7[C@@H](CC[C@]8(C)CCC[C@@H]78)[C@@]56C)C(=O)CC[C@]4(C)[C@H]3CC[C@]12C. The van der Waals surface area contributed by atoms with Crippen molar-refractivity contribution in [1.29, 1.82) is 0 Å². The molecule has 0 spiro atoms. The molecule has 5 nitrogen and oxygen atoms in total. The lowest BCUT2D eigenvalue weighted by Crippen LogP contribution is -2.56. The van der Waals surface area contributed by atoms with Crippen molar-refractivity contribution >= 4 is 23.3 Å². The standard InChI is InChI=1S/C41H56O5/c1-22(42)26-12-13-28-25-10-11-31-34(32(43)16-20-40(31,4)29(25)15-19-39(26,28)3)36-35(37(45)46)33(44)21-23-8-9-24-27-7-6-17-38(27,2)18-14-30(24)41(23,36)5/h23-30H,6-21H2,1-5H3,(H,45,46)/t23?,24-,25-,26+,27-,28-,29-,30+,38-,39+,40+,41-/m0/s1. The molecule has 8 aliphatic rings. The Labute approximate surface area is 275 Å². The number of hydrogen-bond donors (Lipinski definition) is 1. The second kappa shape index (κ2) is 10.2. The van der Waals surface area contributed by atoms with Gasteiger partial charge in [-0.25, -0.2) is 4.79 Å². The summed E-state index contributed by atoms with van der Waals surface area (Å²) in [7, 11) is 0. The van der Waals surface area contributed by atoms with Crippen molar-refractivity contribution in [2.75, 3.05) is 0 Å². The summed E-state index contributed by atoms with van der Waals surface area (Å²) in [6.45, 7) is 11.4. The van der Waals surface area contributed by atoms with E-state index < -0.39 is 11.4 Å². The van der Waals surface area contributed by atoms with Crippen LogP contribution >= 0.6 is 0 Å². The maximum atomic E-state index is 14.5. The summed E-state index contributed by atoms with van der Waals surface area (Å²) in [5.74, 6) is 2.37. The molecule has 0 amide bonds. The van der Waals surface area contributed by atoms with Crippen LogP contribution in [0.2, 0.25) is 0 Å². The Morgan fingerprint density at radius 2 is 1.46 bits per heavy atom. The van der Waals surface area contributed by atoms with Crippen LogP contribution in [0.25, 0.3) is 0 Å². The van der Waals surface area contributed by atoms with E-state index in [1.165, 1.54) is 31.3 Å². The molecule has 6 saturated carbocycles. The topological polar surface area (TPSA) is 88.5 Å². The van der Waals surface area contributed by atoms with Crippen LogP contribution in [-0.2, 0) is 19.2 Å². The van der Waals surface area contributed by atoms with Crippen molar-refractivity contribution in [2.24, 2.45) is 69.0 Å². The minimum absolute atomic E-state index is 0.0438. The van der Waals surface area contributed by atoms with Crippen molar-refractivity contribution in [3.63, 3.8) is 0 Å². The molecule has 1 unspecified atom stereocenters. The maximum absolute atomic E-state index is 14.5. The lowest BCUT2D eigenvalue weighted by molar-refractivity contribution is -0.138. The zero-order valence-corrected chi connectivity index (χ0v) is 29.0. The Hall–Kier alpha value is -2.04. The van der Waals surface area contributed by atoms with E-state index in [2.05, 4.69) is 27.7 Å². The van der Waals surface area contributed by atoms with E-state index in [4.69, 9.17) is 0 Å². The molecule has 0 aromatic heterocycles. The van der Waals surface area contributed by atoms with Crippen molar-refractivity contribution in [3.8, 4) is 0 Å². The van der Waals surface area contributed by atoms with E-state index in [9.17, 15) is 24.3 Å². The summed E-state index contributed by atoms with van der Waals surface area (Å²) in [5.41, 5.74) is 2.35. The van der Waals surface area contributed by atoms with Crippen molar-refractivity contribution in [3.05, 3.63) is 22.3 Å². The predicted molar refractivity (Wildman–Crippen MR) is 177 cm³/mol. The number of aliphatic carboxylic acids is 1. The summed E-state index contributed by atoms with van der Waals surface area (Å²) < 4.78 is 0. The third kappa shape index (κ3) is 3.92. The molecule has 0 saturated heterocycles. The predicted octanol–water partition coefficient (Wildman–Crippen LogP) is 8.70. The van der Waals surface area contributed by atoms with Crippen LogP contribution in [-0.4, -0.2) is 28.4 Å². The number of allylic oxidation sites excluding steroid dienone is 2. The van der Waals surface area contributed by atoms with Gasteiger partial charge in [0.1, 0.15) is 11.4 Å². The minimum atomic E-state index is -1.13. The number of carboxylic acids is 1. The first-order valence-electron chi connectivity index (χ1n) is 19.0. The number of fused-ring (bicyclic) bond motifs is 10. The van der Waals surface area contributed by atoms with Crippen LogP contribution in [0.15, 0.2) is 22.3 Å². The Morgan fingerprint density at radius 1 is 0.717 bits per heavy atom. The van der Waals surface area contributed by atoms with Gasteiger partial charge in [-0.15, -0.1) is 0 Å². The monoisotopic (exact) mass is 628 g/mol. The Bertz CT molecular complexity index is 1480. The van der Waals surface area contributed by atoms with Crippen LogP contribution in [0.3, 0.4) is 0 Å². The largest absolute Gasteiger partial charge is 0.478 e. The van der Waals surface area contributed by atoms with Gasteiger partial charge in [-0.05, 0) is 154 Å². The molecular formula is C41H56O5. The lowest BCUT2D eigenvalue weighted by atomic mass is 9.42. The fourth-order valence-electron chi connectivity index (χ4n) is 15.2. The van der Waals surface area contributed by atoms with Crippen molar-refractivity contribution in [1.82, 2.24) is 0 Å². The normalized spacial score (nSPS) is 49.8. The third-order valence-corrected chi connectivity index (χ3v) is 17.3. The molecule has 0 heterocycles. The van der Waals surface area contributed by atoms with E-state index in [1.54, 1.807) is 6.92 Å². The molecule has 8 aliphatic carbocycles.